The first-order valence-electron chi connectivity index (χ1n) is 4.75. The van der Waals surface area contributed by atoms with E-state index in [1.165, 1.54) is 13.3 Å². The minimum absolute atomic E-state index is 0.0361. The number of hydrogen-bond acceptors (Lipinski definition) is 4. The summed E-state index contributed by atoms with van der Waals surface area (Å²) in [6.45, 7) is 1.87. The van der Waals surface area contributed by atoms with Crippen LogP contribution in [0.25, 0.3) is 11.2 Å². The zero-order valence-electron chi connectivity index (χ0n) is 8.61. The molecule has 0 aromatic carbocycles. The van der Waals surface area contributed by atoms with Crippen LogP contribution in [-0.2, 0) is 11.3 Å². The lowest BCUT2D eigenvalue weighted by Gasteiger charge is -2.00. The number of aromatic amines is 2. The maximum atomic E-state index is 11.3. The molecule has 0 radical (unpaired) electrons. The quantitative estimate of drug-likeness (QED) is 0.723. The number of carbonyl (C=O) groups excluding carboxylic acids is 1. The van der Waals surface area contributed by atoms with Crippen LogP contribution < -0.4 is 11.2 Å². The van der Waals surface area contributed by atoms with Crippen LogP contribution >= 0.6 is 0 Å². The van der Waals surface area contributed by atoms with Crippen molar-refractivity contribution >= 4 is 16.9 Å². The molecule has 0 bridgehead atoms. The summed E-state index contributed by atoms with van der Waals surface area (Å²) in [7, 11) is 0. The number of ketones is 1. The van der Waals surface area contributed by atoms with Crippen LogP contribution in [0.2, 0.25) is 0 Å². The average Bonchev–Trinajstić information content (AvgIpc) is 2.58. The predicted molar refractivity (Wildman–Crippen MR) is 56.3 cm³/mol. The van der Waals surface area contributed by atoms with Crippen LogP contribution in [0.5, 0.6) is 0 Å². The summed E-state index contributed by atoms with van der Waals surface area (Å²) in [5.74, 6) is 0.0361. The maximum absolute atomic E-state index is 11.3. The lowest BCUT2D eigenvalue weighted by atomic mass is 10.3. The largest absolute Gasteiger partial charge is 0.327 e. The molecule has 2 heterocycles. The smallest absolute Gasteiger partial charge is 0.316 e. The molecular weight excluding hydrogens is 212 g/mol. The van der Waals surface area contributed by atoms with E-state index in [4.69, 9.17) is 0 Å². The van der Waals surface area contributed by atoms with Crippen LogP contribution in [0, 0.1) is 0 Å². The maximum Gasteiger partial charge on any atom is 0.327 e. The molecule has 7 heteroatoms. The Morgan fingerprint density at radius 3 is 2.88 bits per heavy atom. The second-order valence-corrected chi connectivity index (χ2v) is 3.50. The minimum atomic E-state index is -0.581. The second-order valence-electron chi connectivity index (χ2n) is 3.50. The Kier molecular flexibility index (Phi) is 2.43. The van der Waals surface area contributed by atoms with Gasteiger partial charge in [-0.15, -0.1) is 0 Å². The first kappa shape index (κ1) is 10.3. The standard InChI is InChI=1S/C9H10N4O3/c1-5(14)2-3-13-4-10-6-7(13)11-9(16)12-8(6)15/h4H,2-3H2,1H3,(H2,11,12,15,16). The molecule has 0 fully saturated rings. The molecule has 84 valence electrons. The number of aryl methyl sites for hydroxylation is 1. The van der Waals surface area contributed by atoms with Gasteiger partial charge >= 0.3 is 5.69 Å². The molecule has 0 saturated heterocycles. The van der Waals surface area contributed by atoms with Crippen LogP contribution in [0.1, 0.15) is 13.3 Å². The normalized spacial score (nSPS) is 10.8. The molecule has 0 spiro atoms. The van der Waals surface area contributed by atoms with Crippen molar-refractivity contribution < 1.29 is 4.79 Å². The minimum Gasteiger partial charge on any atom is -0.316 e. The summed E-state index contributed by atoms with van der Waals surface area (Å²) >= 11 is 0. The Morgan fingerprint density at radius 1 is 1.44 bits per heavy atom. The lowest BCUT2D eigenvalue weighted by Crippen LogP contribution is -2.22. The van der Waals surface area contributed by atoms with Crippen LogP contribution in [0.4, 0.5) is 0 Å². The fourth-order valence-corrected chi connectivity index (χ4v) is 1.43. The molecule has 0 unspecified atom stereocenters. The van der Waals surface area contributed by atoms with Crippen molar-refractivity contribution in [2.75, 3.05) is 0 Å². The predicted octanol–water partition coefficient (Wildman–Crippen LogP) is -0.608. The van der Waals surface area contributed by atoms with E-state index in [1.807, 2.05) is 0 Å². The van der Waals surface area contributed by atoms with Gasteiger partial charge in [0.2, 0.25) is 0 Å². The third-order valence-electron chi connectivity index (χ3n) is 2.22. The highest BCUT2D eigenvalue weighted by atomic mass is 16.2. The Morgan fingerprint density at radius 2 is 2.19 bits per heavy atom. The van der Waals surface area contributed by atoms with Crippen LogP contribution in [0.15, 0.2) is 15.9 Å². The number of nitrogens with zero attached hydrogens (tertiary/aromatic N) is 2. The molecule has 2 N–H and O–H groups in total. The van der Waals surface area contributed by atoms with Crippen molar-refractivity contribution in [3.63, 3.8) is 0 Å². The molecule has 0 aliphatic carbocycles. The molecule has 2 rings (SSSR count). The van der Waals surface area contributed by atoms with Crippen LogP contribution in [-0.4, -0.2) is 25.3 Å². The third kappa shape index (κ3) is 1.79. The fourth-order valence-electron chi connectivity index (χ4n) is 1.43. The zero-order chi connectivity index (χ0) is 11.7. The number of hydrogen-bond donors (Lipinski definition) is 2. The molecule has 16 heavy (non-hydrogen) atoms. The number of fused-ring (bicyclic) bond motifs is 1. The molecule has 0 saturated carbocycles. The number of nitrogens with one attached hydrogen (secondary N) is 2. The second kappa shape index (κ2) is 3.76. The van der Waals surface area contributed by atoms with Crippen molar-refractivity contribution in [2.45, 2.75) is 19.9 Å². The highest BCUT2D eigenvalue weighted by molar-refractivity contribution is 5.75. The van der Waals surface area contributed by atoms with E-state index in [0.717, 1.165) is 0 Å². The van der Waals surface area contributed by atoms with Gasteiger partial charge in [0.05, 0.1) is 6.33 Å². The summed E-state index contributed by atoms with van der Waals surface area (Å²) in [5, 5.41) is 0. The number of carbonyl (C=O) groups is 1. The molecule has 0 amide bonds. The Balaban J connectivity index is 2.52. The van der Waals surface area contributed by atoms with Gasteiger partial charge in [-0.3, -0.25) is 19.6 Å². The molecule has 2 aromatic heterocycles. The van der Waals surface area contributed by atoms with Gasteiger partial charge in [0.1, 0.15) is 11.4 Å². The van der Waals surface area contributed by atoms with Gasteiger partial charge in [-0.05, 0) is 6.92 Å². The topological polar surface area (TPSA) is 101 Å². The summed E-state index contributed by atoms with van der Waals surface area (Å²) < 4.78 is 1.58. The van der Waals surface area contributed by atoms with Crippen molar-refractivity contribution in [2.24, 2.45) is 0 Å². The number of rotatable bonds is 3. The first-order valence-corrected chi connectivity index (χ1v) is 4.75. The van der Waals surface area contributed by atoms with E-state index in [0.29, 0.717) is 18.6 Å². The molecule has 0 aliphatic rings. The van der Waals surface area contributed by atoms with Crippen LogP contribution in [0.3, 0.4) is 0 Å². The summed E-state index contributed by atoms with van der Waals surface area (Å²) in [6.07, 6.45) is 1.76. The highest BCUT2D eigenvalue weighted by Crippen LogP contribution is 2.03. The molecule has 0 atom stereocenters. The fraction of sp³-hybridized carbons (Fsp3) is 0.333. The highest BCUT2D eigenvalue weighted by Gasteiger charge is 2.07. The summed E-state index contributed by atoms with van der Waals surface area (Å²) in [5.41, 5.74) is -0.597. The van der Waals surface area contributed by atoms with E-state index >= 15 is 0 Å². The molecule has 7 nitrogen and oxygen atoms in total. The molecule has 0 aliphatic heterocycles. The first-order chi connectivity index (χ1) is 7.58. The van der Waals surface area contributed by atoms with E-state index in [-0.39, 0.29) is 11.3 Å². The SMILES string of the molecule is CC(=O)CCn1cnc2c(=O)[nH]c(=O)[nH]c21. The van der Waals surface area contributed by atoms with E-state index in [2.05, 4.69) is 15.0 Å². The summed E-state index contributed by atoms with van der Waals surface area (Å²) in [4.78, 5) is 41.7. The van der Waals surface area contributed by atoms with Gasteiger partial charge < -0.3 is 4.57 Å². The van der Waals surface area contributed by atoms with Gasteiger partial charge in [-0.1, -0.05) is 0 Å². The van der Waals surface area contributed by atoms with Gasteiger partial charge in [0, 0.05) is 13.0 Å². The van der Waals surface area contributed by atoms with E-state index in [1.54, 1.807) is 4.57 Å². The van der Waals surface area contributed by atoms with Crippen molar-refractivity contribution in [1.82, 2.24) is 19.5 Å². The molecule has 2 aromatic rings. The molecular formula is C9H10N4O3. The number of imidazole rings is 1. The van der Waals surface area contributed by atoms with Gasteiger partial charge in [-0.25, -0.2) is 9.78 Å². The van der Waals surface area contributed by atoms with E-state index < -0.39 is 11.2 Å². The Bertz CT molecular complexity index is 649. The third-order valence-corrected chi connectivity index (χ3v) is 2.22. The monoisotopic (exact) mass is 222 g/mol. The summed E-state index contributed by atoms with van der Waals surface area (Å²) in [6, 6.07) is 0. The zero-order valence-corrected chi connectivity index (χ0v) is 8.61. The Hall–Kier alpha value is -2.18. The van der Waals surface area contributed by atoms with Gasteiger partial charge in [0.25, 0.3) is 5.56 Å². The number of H-pyrrole nitrogens is 2. The number of aromatic nitrogens is 4. The van der Waals surface area contributed by atoms with Crippen molar-refractivity contribution in [3.05, 3.63) is 27.2 Å². The Labute approximate surface area is 89.1 Å². The average molecular weight is 222 g/mol. The lowest BCUT2D eigenvalue weighted by molar-refractivity contribution is -0.117. The van der Waals surface area contributed by atoms with Gasteiger partial charge in [-0.2, -0.15) is 0 Å². The number of Topliss-reactive ketones (excluding diaryl/α,β-unsaturated/α-hetero) is 1. The van der Waals surface area contributed by atoms with Gasteiger partial charge in [0.15, 0.2) is 5.52 Å². The van der Waals surface area contributed by atoms with Crippen molar-refractivity contribution in [1.29, 1.82) is 0 Å². The van der Waals surface area contributed by atoms with Crippen molar-refractivity contribution in [3.8, 4) is 0 Å². The van der Waals surface area contributed by atoms with E-state index in [9.17, 15) is 14.4 Å².